The number of carbonyl (C=O) groups excluding carboxylic acids is 1. The molecule has 2 N–H and O–H groups in total. The first-order valence-electron chi connectivity index (χ1n) is 4.56. The SMILES string of the molecule is CC(=O)NN=C(C)c1c(O)cc(C)oc1=O. The Balaban J connectivity index is 3.18. The lowest BCUT2D eigenvalue weighted by atomic mass is 10.2. The molecule has 0 radical (unpaired) electrons. The van der Waals surface area contributed by atoms with Crippen LogP contribution in [0.15, 0.2) is 20.4 Å². The number of amides is 1. The molecule has 1 rings (SSSR count). The largest absolute Gasteiger partial charge is 0.507 e. The summed E-state index contributed by atoms with van der Waals surface area (Å²) < 4.78 is 4.81. The van der Waals surface area contributed by atoms with Crippen LogP contribution >= 0.6 is 0 Å². The molecule has 0 aliphatic rings. The zero-order valence-electron chi connectivity index (χ0n) is 9.20. The first kappa shape index (κ1) is 12.0. The first-order chi connectivity index (χ1) is 7.41. The van der Waals surface area contributed by atoms with Gasteiger partial charge in [-0.3, -0.25) is 4.79 Å². The van der Waals surface area contributed by atoms with Crippen LogP contribution in [0, 0.1) is 6.92 Å². The molecule has 0 aliphatic heterocycles. The Bertz CT molecular complexity index is 502. The number of aryl methyl sites for hydroxylation is 1. The normalized spacial score (nSPS) is 11.3. The molecule has 1 aromatic rings. The average Bonchev–Trinajstić information content (AvgIpc) is 2.12. The van der Waals surface area contributed by atoms with Gasteiger partial charge in [-0.15, -0.1) is 0 Å². The van der Waals surface area contributed by atoms with E-state index in [1.807, 2.05) is 0 Å². The molecule has 0 fully saturated rings. The smallest absolute Gasteiger partial charge is 0.348 e. The standard InChI is InChI=1S/C10H12N2O4/c1-5-4-8(14)9(10(15)16-5)6(2)11-12-7(3)13/h4,14H,1-3H3,(H,12,13). The van der Waals surface area contributed by atoms with Gasteiger partial charge in [0.15, 0.2) is 0 Å². The van der Waals surface area contributed by atoms with Crippen LogP contribution < -0.4 is 11.1 Å². The third kappa shape index (κ3) is 2.69. The highest BCUT2D eigenvalue weighted by atomic mass is 16.4. The van der Waals surface area contributed by atoms with Crippen LogP contribution in [0.25, 0.3) is 0 Å². The monoisotopic (exact) mass is 224 g/mol. The van der Waals surface area contributed by atoms with Crippen LogP contribution in [0.4, 0.5) is 0 Å². The molecule has 16 heavy (non-hydrogen) atoms. The second-order valence-corrected chi connectivity index (χ2v) is 3.27. The molecule has 0 aromatic carbocycles. The average molecular weight is 224 g/mol. The van der Waals surface area contributed by atoms with Gasteiger partial charge < -0.3 is 9.52 Å². The summed E-state index contributed by atoms with van der Waals surface area (Å²) in [7, 11) is 0. The minimum Gasteiger partial charge on any atom is -0.507 e. The van der Waals surface area contributed by atoms with E-state index in [2.05, 4.69) is 10.5 Å². The second-order valence-electron chi connectivity index (χ2n) is 3.27. The van der Waals surface area contributed by atoms with Crippen molar-refractivity contribution >= 4 is 11.6 Å². The lowest BCUT2D eigenvalue weighted by Gasteiger charge is -2.03. The number of carbonyl (C=O) groups is 1. The summed E-state index contributed by atoms with van der Waals surface area (Å²) in [5.41, 5.74) is 1.61. The van der Waals surface area contributed by atoms with E-state index >= 15 is 0 Å². The van der Waals surface area contributed by atoms with Gasteiger partial charge in [-0.25, -0.2) is 10.2 Å². The van der Waals surface area contributed by atoms with E-state index < -0.39 is 5.63 Å². The van der Waals surface area contributed by atoms with E-state index in [4.69, 9.17) is 4.42 Å². The molecular formula is C10H12N2O4. The maximum absolute atomic E-state index is 11.4. The van der Waals surface area contributed by atoms with E-state index in [0.29, 0.717) is 5.76 Å². The van der Waals surface area contributed by atoms with Gasteiger partial charge in [0.25, 0.3) is 0 Å². The molecule has 0 bridgehead atoms. The molecule has 0 unspecified atom stereocenters. The Hall–Kier alpha value is -2.11. The summed E-state index contributed by atoms with van der Waals surface area (Å²) in [4.78, 5) is 22.0. The zero-order valence-corrected chi connectivity index (χ0v) is 9.20. The maximum atomic E-state index is 11.4. The predicted molar refractivity (Wildman–Crippen MR) is 57.4 cm³/mol. The maximum Gasteiger partial charge on any atom is 0.348 e. The molecule has 0 saturated heterocycles. The number of nitrogens with one attached hydrogen (secondary N) is 1. The van der Waals surface area contributed by atoms with Crippen molar-refractivity contribution in [2.75, 3.05) is 0 Å². The van der Waals surface area contributed by atoms with Gasteiger partial charge in [0.1, 0.15) is 17.1 Å². The van der Waals surface area contributed by atoms with Crippen LogP contribution in [0.5, 0.6) is 5.75 Å². The minimum atomic E-state index is -0.691. The van der Waals surface area contributed by atoms with E-state index in [0.717, 1.165) is 0 Å². The highest BCUT2D eigenvalue weighted by Gasteiger charge is 2.12. The summed E-state index contributed by atoms with van der Waals surface area (Å²) in [6.07, 6.45) is 0. The summed E-state index contributed by atoms with van der Waals surface area (Å²) in [5, 5.41) is 13.2. The highest BCUT2D eigenvalue weighted by Crippen LogP contribution is 2.14. The lowest BCUT2D eigenvalue weighted by molar-refractivity contribution is -0.118. The van der Waals surface area contributed by atoms with Crippen molar-refractivity contribution < 1.29 is 14.3 Å². The highest BCUT2D eigenvalue weighted by molar-refractivity contribution is 6.00. The van der Waals surface area contributed by atoms with Crippen molar-refractivity contribution in [3.05, 3.63) is 27.8 Å². The van der Waals surface area contributed by atoms with Crippen molar-refractivity contribution in [2.45, 2.75) is 20.8 Å². The Kier molecular flexibility index (Phi) is 3.44. The van der Waals surface area contributed by atoms with Crippen molar-refractivity contribution in [1.29, 1.82) is 0 Å². The Morgan fingerprint density at radius 3 is 2.62 bits per heavy atom. The summed E-state index contributed by atoms with van der Waals surface area (Å²) >= 11 is 0. The number of hydrogen-bond donors (Lipinski definition) is 2. The van der Waals surface area contributed by atoms with E-state index in [9.17, 15) is 14.7 Å². The third-order valence-electron chi connectivity index (χ3n) is 1.80. The molecule has 0 atom stereocenters. The first-order valence-corrected chi connectivity index (χ1v) is 4.56. The molecule has 86 valence electrons. The van der Waals surface area contributed by atoms with Gasteiger partial charge in [-0.2, -0.15) is 5.10 Å². The quantitative estimate of drug-likeness (QED) is 0.565. The molecular weight excluding hydrogens is 212 g/mol. The third-order valence-corrected chi connectivity index (χ3v) is 1.80. The van der Waals surface area contributed by atoms with Crippen molar-refractivity contribution in [2.24, 2.45) is 5.10 Å². The number of aromatic hydroxyl groups is 1. The number of nitrogens with zero attached hydrogens (tertiary/aromatic N) is 1. The van der Waals surface area contributed by atoms with Crippen molar-refractivity contribution in [1.82, 2.24) is 5.43 Å². The van der Waals surface area contributed by atoms with Gasteiger partial charge in [0, 0.05) is 13.0 Å². The van der Waals surface area contributed by atoms with E-state index in [1.54, 1.807) is 6.92 Å². The summed E-state index contributed by atoms with van der Waals surface area (Å²) in [6.45, 7) is 4.32. The van der Waals surface area contributed by atoms with Crippen LogP contribution in [0.3, 0.4) is 0 Å². The lowest BCUT2D eigenvalue weighted by Crippen LogP contribution is -2.19. The number of hydrogen-bond acceptors (Lipinski definition) is 5. The van der Waals surface area contributed by atoms with Crippen molar-refractivity contribution in [3.8, 4) is 5.75 Å². The van der Waals surface area contributed by atoms with E-state index in [-0.39, 0.29) is 22.9 Å². The van der Waals surface area contributed by atoms with Gasteiger partial charge >= 0.3 is 5.63 Å². The predicted octanol–water partition coefficient (Wildman–Crippen LogP) is 0.514. The fourth-order valence-electron chi connectivity index (χ4n) is 1.15. The topological polar surface area (TPSA) is 91.9 Å². The molecule has 1 heterocycles. The number of rotatable bonds is 2. The Labute approximate surface area is 91.6 Å². The zero-order chi connectivity index (χ0) is 12.3. The second kappa shape index (κ2) is 4.61. The molecule has 6 heteroatoms. The van der Waals surface area contributed by atoms with Gasteiger partial charge in [0.2, 0.25) is 5.91 Å². The molecule has 0 aliphatic carbocycles. The molecule has 1 amide bonds. The number of hydrazone groups is 1. The fraction of sp³-hybridized carbons (Fsp3) is 0.300. The molecule has 6 nitrogen and oxygen atoms in total. The summed E-state index contributed by atoms with van der Waals surface area (Å²) in [6, 6.07) is 1.31. The van der Waals surface area contributed by atoms with Crippen LogP contribution in [-0.4, -0.2) is 16.7 Å². The Morgan fingerprint density at radius 2 is 2.12 bits per heavy atom. The van der Waals surface area contributed by atoms with Crippen LogP contribution in [0.1, 0.15) is 25.2 Å². The van der Waals surface area contributed by atoms with E-state index in [1.165, 1.54) is 19.9 Å². The van der Waals surface area contributed by atoms with Gasteiger partial charge in [-0.1, -0.05) is 0 Å². The molecule has 0 spiro atoms. The van der Waals surface area contributed by atoms with Crippen molar-refractivity contribution in [3.63, 3.8) is 0 Å². The Morgan fingerprint density at radius 1 is 1.50 bits per heavy atom. The van der Waals surface area contributed by atoms with Gasteiger partial charge in [0.05, 0.1) is 5.71 Å². The summed E-state index contributed by atoms with van der Waals surface area (Å²) in [5.74, 6) is -0.283. The molecule has 0 saturated carbocycles. The van der Waals surface area contributed by atoms with Crippen LogP contribution in [-0.2, 0) is 4.79 Å². The minimum absolute atomic E-state index is 0.0562. The molecule has 1 aromatic heterocycles. The fourth-order valence-corrected chi connectivity index (χ4v) is 1.15. The van der Waals surface area contributed by atoms with Gasteiger partial charge in [-0.05, 0) is 13.8 Å². The van der Waals surface area contributed by atoms with Crippen LogP contribution in [0.2, 0.25) is 0 Å².